The number of anilines is 1. The minimum Gasteiger partial charge on any atom is -0.461 e. The molecule has 0 atom stereocenters. The number of hydrogen-bond donors (Lipinski definition) is 1. The first-order valence-corrected chi connectivity index (χ1v) is 5.81. The summed E-state index contributed by atoms with van der Waals surface area (Å²) in [6.45, 7) is 1.80. The first kappa shape index (κ1) is 15.2. The van der Waals surface area contributed by atoms with Crippen molar-refractivity contribution in [2.24, 2.45) is 5.10 Å². The quantitative estimate of drug-likeness (QED) is 0.391. The summed E-state index contributed by atoms with van der Waals surface area (Å²) in [6.07, 6.45) is 0. The molecule has 9 heteroatoms. The van der Waals surface area contributed by atoms with E-state index in [9.17, 15) is 14.9 Å². The van der Waals surface area contributed by atoms with Gasteiger partial charge < -0.3 is 4.74 Å². The van der Waals surface area contributed by atoms with Gasteiger partial charge in [-0.2, -0.15) is 5.10 Å². The molecular weight excluding hydrogens is 297 g/mol. The first-order valence-electron chi connectivity index (χ1n) is 5.06. The fraction of sp³-hybridized carbons (Fsp3) is 0.200. The number of nitro benzene ring substituents is 1. The van der Waals surface area contributed by atoms with Gasteiger partial charge in [0.1, 0.15) is 0 Å². The number of carbonyl (C=O) groups is 1. The summed E-state index contributed by atoms with van der Waals surface area (Å²) < 4.78 is 4.61. The van der Waals surface area contributed by atoms with Crippen molar-refractivity contribution in [1.29, 1.82) is 0 Å². The number of carbonyl (C=O) groups excluding carboxylic acids is 1. The van der Waals surface area contributed by atoms with Gasteiger partial charge >= 0.3 is 5.97 Å². The Morgan fingerprint density at radius 1 is 1.58 bits per heavy atom. The van der Waals surface area contributed by atoms with Crippen molar-refractivity contribution < 1.29 is 14.5 Å². The van der Waals surface area contributed by atoms with E-state index in [1.54, 1.807) is 6.92 Å². The summed E-state index contributed by atoms with van der Waals surface area (Å²) in [5.41, 5.74) is 2.54. The van der Waals surface area contributed by atoms with Gasteiger partial charge in [-0.15, -0.1) is 0 Å². The second-order valence-electron chi connectivity index (χ2n) is 3.16. The molecule has 0 amide bonds. The molecule has 7 nitrogen and oxygen atoms in total. The van der Waals surface area contributed by atoms with Crippen LogP contribution < -0.4 is 5.43 Å². The molecule has 1 aromatic rings. The smallest absolute Gasteiger partial charge is 0.370 e. The van der Waals surface area contributed by atoms with Crippen molar-refractivity contribution in [3.05, 3.63) is 33.3 Å². The van der Waals surface area contributed by atoms with Crippen LogP contribution in [-0.2, 0) is 9.53 Å². The first-order chi connectivity index (χ1) is 8.95. The van der Waals surface area contributed by atoms with Crippen LogP contribution in [0.1, 0.15) is 6.92 Å². The molecule has 0 aliphatic rings. The van der Waals surface area contributed by atoms with E-state index < -0.39 is 16.1 Å². The molecule has 0 aliphatic heterocycles. The fourth-order valence-corrected chi connectivity index (χ4v) is 1.37. The van der Waals surface area contributed by atoms with Gasteiger partial charge in [0.15, 0.2) is 0 Å². The molecule has 0 fully saturated rings. The molecule has 0 bridgehead atoms. The van der Waals surface area contributed by atoms with Crippen molar-refractivity contribution in [3.63, 3.8) is 0 Å². The molecule has 1 N–H and O–H groups in total. The maximum atomic E-state index is 11.1. The van der Waals surface area contributed by atoms with Gasteiger partial charge in [0.25, 0.3) is 5.69 Å². The van der Waals surface area contributed by atoms with Crippen molar-refractivity contribution >= 4 is 45.7 Å². The highest BCUT2D eigenvalue weighted by Crippen LogP contribution is 2.26. The molecule has 0 unspecified atom stereocenters. The molecule has 1 rings (SSSR count). The number of non-ortho nitro benzene ring substituents is 1. The standard InChI is InChI=1S/C10H9Cl2N3O4/c1-2-19-10(16)9(12)14-13-8-4-3-6(15(17)18)5-7(8)11/h3-5,13H,2H2,1H3/b14-9-. The van der Waals surface area contributed by atoms with Gasteiger partial charge in [0, 0.05) is 12.1 Å². The van der Waals surface area contributed by atoms with Crippen LogP contribution in [0, 0.1) is 10.1 Å². The fourth-order valence-electron chi connectivity index (χ4n) is 1.05. The van der Waals surface area contributed by atoms with Gasteiger partial charge in [-0.25, -0.2) is 4.79 Å². The molecule has 0 saturated heterocycles. The maximum absolute atomic E-state index is 11.1. The van der Waals surface area contributed by atoms with Crippen LogP contribution in [0.3, 0.4) is 0 Å². The van der Waals surface area contributed by atoms with E-state index in [-0.39, 0.29) is 23.0 Å². The average molecular weight is 306 g/mol. The number of esters is 1. The molecule has 0 spiro atoms. The number of nitro groups is 1. The lowest BCUT2D eigenvalue weighted by molar-refractivity contribution is -0.384. The van der Waals surface area contributed by atoms with Crippen LogP contribution in [-0.4, -0.2) is 22.7 Å². The van der Waals surface area contributed by atoms with E-state index in [4.69, 9.17) is 23.2 Å². The normalized spacial score (nSPS) is 11.0. The van der Waals surface area contributed by atoms with Gasteiger partial charge in [0.05, 0.1) is 22.2 Å². The number of nitrogens with zero attached hydrogens (tertiary/aromatic N) is 2. The number of benzene rings is 1. The van der Waals surface area contributed by atoms with Crippen LogP contribution in [0.5, 0.6) is 0 Å². The topological polar surface area (TPSA) is 93.8 Å². The van der Waals surface area contributed by atoms with E-state index in [0.717, 1.165) is 6.07 Å². The summed E-state index contributed by atoms with van der Waals surface area (Å²) in [4.78, 5) is 21.1. The van der Waals surface area contributed by atoms with Crippen LogP contribution in [0.2, 0.25) is 5.02 Å². The lowest BCUT2D eigenvalue weighted by Gasteiger charge is -2.04. The Bertz CT molecular complexity index is 534. The summed E-state index contributed by atoms with van der Waals surface area (Å²) >= 11 is 11.4. The zero-order valence-corrected chi connectivity index (χ0v) is 11.2. The molecule has 0 saturated carbocycles. The summed E-state index contributed by atoms with van der Waals surface area (Å²) in [6, 6.07) is 3.74. The molecule has 102 valence electrons. The van der Waals surface area contributed by atoms with Crippen molar-refractivity contribution in [1.82, 2.24) is 0 Å². The van der Waals surface area contributed by atoms with Gasteiger partial charge in [-0.1, -0.05) is 23.2 Å². The van der Waals surface area contributed by atoms with Crippen LogP contribution in [0.4, 0.5) is 11.4 Å². The van der Waals surface area contributed by atoms with Crippen LogP contribution in [0.15, 0.2) is 23.3 Å². The maximum Gasteiger partial charge on any atom is 0.370 e. The van der Waals surface area contributed by atoms with E-state index in [1.807, 2.05) is 0 Å². The number of ether oxygens (including phenoxy) is 1. The van der Waals surface area contributed by atoms with Crippen LogP contribution >= 0.6 is 23.2 Å². The highest BCUT2D eigenvalue weighted by molar-refractivity contribution is 6.82. The van der Waals surface area contributed by atoms with Gasteiger partial charge in [0.2, 0.25) is 5.17 Å². The van der Waals surface area contributed by atoms with Crippen molar-refractivity contribution in [3.8, 4) is 0 Å². The number of rotatable bonds is 5. The molecule has 0 radical (unpaired) electrons. The lowest BCUT2D eigenvalue weighted by Crippen LogP contribution is -2.13. The molecule has 0 aliphatic carbocycles. The number of hydrazone groups is 1. The highest BCUT2D eigenvalue weighted by atomic mass is 35.5. The second kappa shape index (κ2) is 6.91. The third-order valence-corrected chi connectivity index (χ3v) is 2.43. The SMILES string of the molecule is CCOC(=O)/C(Cl)=N/Nc1ccc([N+](=O)[O-])cc1Cl. The summed E-state index contributed by atoms with van der Waals surface area (Å²) in [7, 11) is 0. The van der Waals surface area contributed by atoms with Gasteiger partial charge in [-0.05, 0) is 13.0 Å². The van der Waals surface area contributed by atoms with Crippen molar-refractivity contribution in [2.45, 2.75) is 6.92 Å². The number of nitrogens with one attached hydrogen (secondary N) is 1. The minimum atomic E-state index is -0.783. The highest BCUT2D eigenvalue weighted by Gasteiger charge is 2.11. The molecule has 1 aromatic carbocycles. The zero-order chi connectivity index (χ0) is 14.4. The Labute approximate surface area is 118 Å². The number of halogens is 2. The Balaban J connectivity index is 2.81. The minimum absolute atomic E-state index is 0.0753. The molecule has 0 aromatic heterocycles. The third-order valence-electron chi connectivity index (χ3n) is 1.88. The summed E-state index contributed by atoms with van der Waals surface area (Å²) in [5.74, 6) is -0.783. The largest absolute Gasteiger partial charge is 0.461 e. The second-order valence-corrected chi connectivity index (χ2v) is 3.92. The monoisotopic (exact) mass is 305 g/mol. The lowest BCUT2D eigenvalue weighted by atomic mass is 10.3. The van der Waals surface area contributed by atoms with E-state index in [0.29, 0.717) is 0 Å². The predicted molar refractivity (Wildman–Crippen MR) is 71.7 cm³/mol. The molecule has 19 heavy (non-hydrogen) atoms. The van der Waals surface area contributed by atoms with Crippen molar-refractivity contribution in [2.75, 3.05) is 12.0 Å². The zero-order valence-electron chi connectivity index (χ0n) is 9.72. The molecular formula is C10H9Cl2N3O4. The Morgan fingerprint density at radius 2 is 2.26 bits per heavy atom. The molecule has 0 heterocycles. The van der Waals surface area contributed by atoms with E-state index in [2.05, 4.69) is 15.3 Å². The summed E-state index contributed by atoms with van der Waals surface area (Å²) in [5, 5.41) is 13.7. The predicted octanol–water partition coefficient (Wildman–Crippen LogP) is 2.78. The van der Waals surface area contributed by atoms with E-state index >= 15 is 0 Å². The third kappa shape index (κ3) is 4.38. The van der Waals surface area contributed by atoms with E-state index in [1.165, 1.54) is 12.1 Å². The van der Waals surface area contributed by atoms with Crippen LogP contribution in [0.25, 0.3) is 0 Å². The Hall–Kier alpha value is -1.86. The Morgan fingerprint density at radius 3 is 2.79 bits per heavy atom. The van der Waals surface area contributed by atoms with Gasteiger partial charge in [-0.3, -0.25) is 15.5 Å². The Kier molecular flexibility index (Phi) is 5.53. The number of hydrogen-bond acceptors (Lipinski definition) is 6. The average Bonchev–Trinajstić information content (AvgIpc) is 2.36.